The molecule has 3 fully saturated rings. The number of nitrogens with one attached hydrogen (secondary N) is 1. The van der Waals surface area contributed by atoms with Gasteiger partial charge >= 0.3 is 5.97 Å². The molecule has 0 spiro atoms. The van der Waals surface area contributed by atoms with Crippen LogP contribution in [0.4, 0.5) is 5.69 Å². The minimum absolute atomic E-state index is 0.0433. The first-order valence-electron chi connectivity index (χ1n) is 7.80. The van der Waals surface area contributed by atoms with Gasteiger partial charge in [-0.1, -0.05) is 31.9 Å². The monoisotopic (exact) mass is 441 g/mol. The van der Waals surface area contributed by atoms with Gasteiger partial charge in [0.25, 0.3) is 0 Å². The summed E-state index contributed by atoms with van der Waals surface area (Å²) < 4.78 is 6.49. The molecule has 4 rings (SSSR count). The highest BCUT2D eigenvalue weighted by Crippen LogP contribution is 2.60. The number of carbonyl (C=O) groups excluding carboxylic acids is 2. The molecule has 1 aliphatic heterocycles. The van der Waals surface area contributed by atoms with Crippen molar-refractivity contribution in [1.29, 1.82) is 0 Å². The van der Waals surface area contributed by atoms with Crippen LogP contribution in [0.2, 0.25) is 0 Å². The van der Waals surface area contributed by atoms with Crippen molar-refractivity contribution in [2.75, 3.05) is 5.32 Å². The molecule has 0 aromatic heterocycles. The number of benzene rings is 1. The predicted octanol–water partition coefficient (Wildman–Crippen LogP) is 3.58. The van der Waals surface area contributed by atoms with Gasteiger partial charge in [-0.3, -0.25) is 9.59 Å². The molecule has 6 heteroatoms. The highest BCUT2D eigenvalue weighted by molar-refractivity contribution is 9.10. The quantitative estimate of drug-likeness (QED) is 0.562. The van der Waals surface area contributed by atoms with E-state index < -0.39 is 0 Å². The number of fused-ring (bicyclic) bond motifs is 1. The zero-order valence-electron chi connectivity index (χ0n) is 12.8. The number of halogens is 2. The fourth-order valence-corrected chi connectivity index (χ4v) is 5.96. The second-order valence-corrected chi connectivity index (χ2v) is 8.78. The summed E-state index contributed by atoms with van der Waals surface area (Å²) in [5.41, 5.74) is 2.88. The summed E-state index contributed by atoms with van der Waals surface area (Å²) in [5, 5.41) is 3.04. The molecule has 1 saturated heterocycles. The zero-order chi connectivity index (χ0) is 16.5. The van der Waals surface area contributed by atoms with Crippen LogP contribution in [0.5, 0.6) is 0 Å². The SMILES string of the molecule is Cc1cc(NC(=O)[C@H]2[C@@H]3C[C@H]4[C@H](OC(=O)[C@@H]42)[C@@H]3Br)c(C)cc1Br. The zero-order valence-corrected chi connectivity index (χ0v) is 16.0. The van der Waals surface area contributed by atoms with Crippen LogP contribution >= 0.6 is 31.9 Å². The number of aryl methyl sites for hydroxylation is 2. The van der Waals surface area contributed by atoms with E-state index >= 15 is 0 Å². The first-order chi connectivity index (χ1) is 10.9. The van der Waals surface area contributed by atoms with Gasteiger partial charge in [-0.15, -0.1) is 0 Å². The second kappa shape index (κ2) is 5.31. The average molecular weight is 443 g/mol. The van der Waals surface area contributed by atoms with Gasteiger partial charge in [-0.2, -0.15) is 0 Å². The highest BCUT2D eigenvalue weighted by atomic mass is 79.9. The normalized spacial score (nSPS) is 37.1. The fraction of sp³-hybridized carbons (Fsp3) is 0.529. The van der Waals surface area contributed by atoms with Crippen molar-refractivity contribution < 1.29 is 14.3 Å². The van der Waals surface area contributed by atoms with E-state index in [1.54, 1.807) is 0 Å². The molecule has 23 heavy (non-hydrogen) atoms. The Morgan fingerprint density at radius 3 is 2.74 bits per heavy atom. The van der Waals surface area contributed by atoms with Crippen LogP contribution in [-0.2, 0) is 14.3 Å². The standard InChI is InChI=1S/C17H17Br2NO3/c1-6-4-11(7(2)3-10(6)18)20-16(21)12-8-5-9-13(12)17(22)23-15(9)14(8)19/h3-4,8-9,12-15H,5H2,1-2H3,(H,20,21)/t8-,9+,12-,13-,14+,15-/m0/s1. The molecule has 1 N–H and O–H groups in total. The predicted molar refractivity (Wildman–Crippen MR) is 93.4 cm³/mol. The summed E-state index contributed by atoms with van der Waals surface area (Å²) in [7, 11) is 0. The first kappa shape index (κ1) is 15.6. The molecule has 1 amide bonds. The Kier molecular flexibility index (Phi) is 3.61. The Morgan fingerprint density at radius 1 is 1.26 bits per heavy atom. The van der Waals surface area contributed by atoms with Gasteiger partial charge in [0.15, 0.2) is 0 Å². The Morgan fingerprint density at radius 2 is 2.00 bits per heavy atom. The van der Waals surface area contributed by atoms with Crippen LogP contribution in [-0.4, -0.2) is 22.8 Å². The van der Waals surface area contributed by atoms with E-state index in [-0.39, 0.29) is 46.5 Å². The molecular weight excluding hydrogens is 426 g/mol. The summed E-state index contributed by atoms with van der Waals surface area (Å²) in [5.74, 6) is -0.448. The van der Waals surface area contributed by atoms with Crippen LogP contribution in [0.1, 0.15) is 17.5 Å². The number of hydrogen-bond donors (Lipinski definition) is 1. The third kappa shape index (κ3) is 2.21. The maximum atomic E-state index is 12.9. The maximum Gasteiger partial charge on any atom is 0.310 e. The Bertz CT molecular complexity index is 720. The summed E-state index contributed by atoms with van der Waals surface area (Å²) in [6, 6.07) is 3.96. The van der Waals surface area contributed by atoms with E-state index in [0.717, 1.165) is 27.7 Å². The van der Waals surface area contributed by atoms with Gasteiger partial charge in [0.2, 0.25) is 5.91 Å². The fourth-order valence-electron chi connectivity index (χ4n) is 4.46. The van der Waals surface area contributed by atoms with Crippen LogP contribution in [0.3, 0.4) is 0 Å². The number of alkyl halides is 1. The van der Waals surface area contributed by atoms with E-state index in [9.17, 15) is 9.59 Å². The Balaban J connectivity index is 1.61. The molecule has 4 nitrogen and oxygen atoms in total. The Labute approximate surface area is 151 Å². The number of esters is 1. The molecule has 2 aliphatic carbocycles. The van der Waals surface area contributed by atoms with E-state index in [4.69, 9.17) is 4.74 Å². The van der Waals surface area contributed by atoms with Crippen molar-refractivity contribution in [3.8, 4) is 0 Å². The second-order valence-electron chi connectivity index (χ2n) is 6.87. The number of anilines is 1. The molecular formula is C17H17Br2NO3. The van der Waals surface area contributed by atoms with Gasteiger partial charge in [0.1, 0.15) is 6.10 Å². The topological polar surface area (TPSA) is 55.4 Å². The minimum atomic E-state index is -0.293. The van der Waals surface area contributed by atoms with E-state index in [2.05, 4.69) is 37.2 Å². The van der Waals surface area contributed by atoms with Crippen molar-refractivity contribution in [3.05, 3.63) is 27.7 Å². The summed E-state index contributed by atoms with van der Waals surface area (Å²) >= 11 is 7.14. The number of hydrogen-bond acceptors (Lipinski definition) is 3. The van der Waals surface area contributed by atoms with Gasteiger partial charge in [0, 0.05) is 16.1 Å². The lowest BCUT2D eigenvalue weighted by Crippen LogP contribution is -2.40. The van der Waals surface area contributed by atoms with E-state index in [1.165, 1.54) is 0 Å². The molecule has 2 bridgehead atoms. The number of carbonyl (C=O) groups is 2. The minimum Gasteiger partial charge on any atom is -0.461 e. The first-order valence-corrected chi connectivity index (χ1v) is 9.51. The summed E-state index contributed by atoms with van der Waals surface area (Å²) in [6.07, 6.45) is 0.853. The van der Waals surface area contributed by atoms with Crippen molar-refractivity contribution in [3.63, 3.8) is 0 Å². The number of rotatable bonds is 2. The van der Waals surface area contributed by atoms with Gasteiger partial charge in [-0.05, 0) is 49.4 Å². The molecule has 1 heterocycles. The molecule has 0 unspecified atom stereocenters. The van der Waals surface area contributed by atoms with Crippen LogP contribution < -0.4 is 5.32 Å². The number of amides is 1. The lowest BCUT2D eigenvalue weighted by atomic mass is 9.79. The Hall–Kier alpha value is -0.880. The molecule has 1 aromatic carbocycles. The largest absolute Gasteiger partial charge is 0.461 e. The van der Waals surface area contributed by atoms with E-state index in [0.29, 0.717) is 0 Å². The van der Waals surface area contributed by atoms with E-state index in [1.807, 2.05) is 26.0 Å². The summed E-state index contributed by atoms with van der Waals surface area (Å²) in [4.78, 5) is 25.1. The van der Waals surface area contributed by atoms with Gasteiger partial charge in [0.05, 0.1) is 16.7 Å². The molecule has 2 saturated carbocycles. The lowest BCUT2D eigenvalue weighted by Gasteiger charge is -2.27. The van der Waals surface area contributed by atoms with Crippen molar-refractivity contribution in [2.45, 2.75) is 31.2 Å². The van der Waals surface area contributed by atoms with Crippen molar-refractivity contribution >= 4 is 49.4 Å². The molecule has 0 radical (unpaired) electrons. The molecule has 122 valence electrons. The maximum absolute atomic E-state index is 12.9. The highest BCUT2D eigenvalue weighted by Gasteiger charge is 2.67. The van der Waals surface area contributed by atoms with Crippen LogP contribution in [0.25, 0.3) is 0 Å². The van der Waals surface area contributed by atoms with Crippen LogP contribution in [0, 0.1) is 37.5 Å². The average Bonchev–Trinajstić information content (AvgIpc) is 3.08. The van der Waals surface area contributed by atoms with Crippen molar-refractivity contribution in [2.24, 2.45) is 23.7 Å². The number of ether oxygens (including phenoxy) is 1. The lowest BCUT2D eigenvalue weighted by molar-refractivity contribution is -0.145. The molecule has 3 aliphatic rings. The van der Waals surface area contributed by atoms with Gasteiger partial charge in [-0.25, -0.2) is 0 Å². The van der Waals surface area contributed by atoms with Crippen molar-refractivity contribution in [1.82, 2.24) is 0 Å². The third-order valence-corrected chi connectivity index (χ3v) is 7.64. The summed E-state index contributed by atoms with van der Waals surface area (Å²) in [6.45, 7) is 3.96. The van der Waals surface area contributed by atoms with Crippen LogP contribution in [0.15, 0.2) is 16.6 Å². The molecule has 1 aromatic rings. The smallest absolute Gasteiger partial charge is 0.310 e. The van der Waals surface area contributed by atoms with Gasteiger partial charge < -0.3 is 10.1 Å². The third-order valence-electron chi connectivity index (χ3n) is 5.59. The molecule has 6 atom stereocenters.